The van der Waals surface area contributed by atoms with Crippen molar-refractivity contribution < 1.29 is 4.52 Å². The van der Waals surface area contributed by atoms with Crippen molar-refractivity contribution in [2.75, 3.05) is 0 Å². The molecule has 3 heteroatoms. The highest BCUT2D eigenvalue weighted by Crippen LogP contribution is 2.31. The fourth-order valence-electron chi connectivity index (χ4n) is 3.90. The summed E-state index contributed by atoms with van der Waals surface area (Å²) in [7, 11) is 0. The molecule has 2 nitrogen and oxygen atoms in total. The van der Waals surface area contributed by atoms with Crippen molar-refractivity contribution in [3.8, 4) is 21.9 Å². The van der Waals surface area contributed by atoms with Crippen molar-refractivity contribution in [1.29, 1.82) is 0 Å². The van der Waals surface area contributed by atoms with Crippen molar-refractivity contribution in [3.05, 3.63) is 52.9 Å². The van der Waals surface area contributed by atoms with Gasteiger partial charge in [-0.3, -0.25) is 0 Å². The molecular weight excluding hydrogens is 386 g/mol. The van der Waals surface area contributed by atoms with Crippen LogP contribution in [0, 0.1) is 0 Å². The highest BCUT2D eigenvalue weighted by atomic mass is 32.1. The summed E-state index contributed by atoms with van der Waals surface area (Å²) < 4.78 is 5.63. The number of unbranched alkanes of at least 4 members (excludes halogenated alkanes) is 8. The first-order valence-corrected chi connectivity index (χ1v) is 12.8. The molecule has 0 radical (unpaired) electrons. The third-order valence-electron chi connectivity index (χ3n) is 5.73. The Balaban J connectivity index is 1.42. The van der Waals surface area contributed by atoms with Gasteiger partial charge in [0.1, 0.15) is 5.69 Å². The van der Waals surface area contributed by atoms with E-state index in [1.165, 1.54) is 85.9 Å². The zero-order valence-electron chi connectivity index (χ0n) is 18.8. The molecule has 0 aliphatic heterocycles. The van der Waals surface area contributed by atoms with Gasteiger partial charge in [-0.1, -0.05) is 101 Å². The van der Waals surface area contributed by atoms with Gasteiger partial charge in [-0.2, -0.15) is 0 Å². The Labute approximate surface area is 186 Å². The quantitative estimate of drug-likeness (QED) is 0.242. The molecule has 2 heterocycles. The fourth-order valence-corrected chi connectivity index (χ4v) is 4.96. The summed E-state index contributed by atoms with van der Waals surface area (Å²) in [6.07, 6.45) is 15.9. The molecule has 0 bridgehead atoms. The molecule has 0 aliphatic rings. The van der Waals surface area contributed by atoms with Gasteiger partial charge < -0.3 is 4.52 Å². The van der Waals surface area contributed by atoms with Crippen LogP contribution >= 0.6 is 11.3 Å². The molecule has 0 spiro atoms. The van der Waals surface area contributed by atoms with Crippen LogP contribution in [0.4, 0.5) is 0 Å². The molecule has 0 unspecified atom stereocenters. The van der Waals surface area contributed by atoms with E-state index in [1.54, 1.807) is 0 Å². The van der Waals surface area contributed by atoms with Crippen LogP contribution in [0.2, 0.25) is 0 Å². The zero-order chi connectivity index (χ0) is 21.0. The standard InChI is InChI=1S/C27H37NOS/c1-3-5-6-7-8-9-10-11-12-14-22-15-17-23(18-16-22)26-21-25(28-29-26)27-20-19-24(30-27)13-4-2/h15-21H,3-14H2,1-2H3. The minimum atomic E-state index is 0.852. The van der Waals surface area contributed by atoms with E-state index in [0.29, 0.717) is 0 Å². The lowest BCUT2D eigenvalue weighted by molar-refractivity contribution is 0.435. The molecule has 0 saturated heterocycles. The van der Waals surface area contributed by atoms with Gasteiger partial charge in [0.25, 0.3) is 0 Å². The van der Waals surface area contributed by atoms with Crippen LogP contribution in [0.1, 0.15) is 88.5 Å². The second-order valence-corrected chi connectivity index (χ2v) is 9.54. The largest absolute Gasteiger partial charge is 0.356 e. The molecule has 2 aromatic heterocycles. The number of thiophene rings is 1. The van der Waals surface area contributed by atoms with Gasteiger partial charge in [0, 0.05) is 16.5 Å². The molecule has 0 saturated carbocycles. The first-order chi connectivity index (χ1) is 14.8. The third-order valence-corrected chi connectivity index (χ3v) is 6.90. The summed E-state index contributed by atoms with van der Waals surface area (Å²) in [5, 5.41) is 4.30. The van der Waals surface area contributed by atoms with E-state index in [2.05, 4.69) is 61.5 Å². The minimum absolute atomic E-state index is 0.852. The molecule has 162 valence electrons. The van der Waals surface area contributed by atoms with Gasteiger partial charge >= 0.3 is 0 Å². The topological polar surface area (TPSA) is 26.0 Å². The number of aromatic nitrogens is 1. The Bertz CT molecular complexity index is 846. The summed E-state index contributed by atoms with van der Waals surface area (Å²) in [6.45, 7) is 4.50. The number of nitrogens with zero attached hydrogens (tertiary/aromatic N) is 1. The first kappa shape index (κ1) is 22.8. The van der Waals surface area contributed by atoms with Crippen molar-refractivity contribution in [3.63, 3.8) is 0 Å². The Hall–Kier alpha value is -1.87. The monoisotopic (exact) mass is 423 g/mol. The van der Waals surface area contributed by atoms with Gasteiger partial charge in [0.15, 0.2) is 5.76 Å². The summed E-state index contributed by atoms with van der Waals surface area (Å²) in [4.78, 5) is 2.60. The summed E-state index contributed by atoms with van der Waals surface area (Å²) in [5.74, 6) is 0.852. The van der Waals surface area contributed by atoms with Crippen molar-refractivity contribution in [1.82, 2.24) is 5.16 Å². The van der Waals surface area contributed by atoms with Gasteiger partial charge in [-0.15, -0.1) is 11.3 Å². The molecule has 0 N–H and O–H groups in total. The maximum atomic E-state index is 5.63. The van der Waals surface area contributed by atoms with Crippen LogP contribution in [-0.4, -0.2) is 5.16 Å². The lowest BCUT2D eigenvalue weighted by atomic mass is 10.0. The van der Waals surface area contributed by atoms with Crippen LogP contribution < -0.4 is 0 Å². The van der Waals surface area contributed by atoms with Crippen LogP contribution in [0.25, 0.3) is 21.9 Å². The average Bonchev–Trinajstić information content (AvgIpc) is 3.43. The van der Waals surface area contributed by atoms with Crippen LogP contribution in [0.5, 0.6) is 0 Å². The summed E-state index contributed by atoms with van der Waals surface area (Å²) >= 11 is 1.82. The van der Waals surface area contributed by atoms with E-state index in [0.717, 1.165) is 23.4 Å². The predicted octanol–water partition coefficient (Wildman–Crippen LogP) is 9.10. The van der Waals surface area contributed by atoms with Gasteiger partial charge in [0.05, 0.1) is 4.88 Å². The van der Waals surface area contributed by atoms with Gasteiger partial charge in [-0.05, 0) is 37.0 Å². The maximum Gasteiger partial charge on any atom is 0.167 e. The highest BCUT2D eigenvalue weighted by Gasteiger charge is 2.11. The van der Waals surface area contributed by atoms with Crippen molar-refractivity contribution >= 4 is 11.3 Å². The third kappa shape index (κ3) is 7.12. The Morgan fingerprint density at radius 1 is 0.733 bits per heavy atom. The fraction of sp³-hybridized carbons (Fsp3) is 0.519. The second kappa shape index (κ2) is 12.7. The molecule has 0 atom stereocenters. The SMILES string of the molecule is CCCCCCCCCCCc1ccc(-c2cc(-c3ccc(CCC)s3)no2)cc1. The van der Waals surface area contributed by atoms with Crippen LogP contribution in [-0.2, 0) is 12.8 Å². The molecule has 3 rings (SSSR count). The summed E-state index contributed by atoms with van der Waals surface area (Å²) in [6, 6.07) is 15.3. The van der Waals surface area contributed by atoms with Crippen LogP contribution in [0.3, 0.4) is 0 Å². The van der Waals surface area contributed by atoms with E-state index >= 15 is 0 Å². The van der Waals surface area contributed by atoms with E-state index in [-0.39, 0.29) is 0 Å². The number of benzene rings is 1. The Kier molecular flexibility index (Phi) is 9.69. The normalized spacial score (nSPS) is 11.3. The molecule has 0 aliphatic carbocycles. The lowest BCUT2D eigenvalue weighted by Crippen LogP contribution is -1.87. The molecule has 3 aromatic rings. The lowest BCUT2D eigenvalue weighted by Gasteiger charge is -2.04. The number of rotatable bonds is 14. The highest BCUT2D eigenvalue weighted by molar-refractivity contribution is 7.15. The van der Waals surface area contributed by atoms with E-state index in [9.17, 15) is 0 Å². The van der Waals surface area contributed by atoms with Crippen LogP contribution in [0.15, 0.2) is 47.0 Å². The number of aryl methyl sites for hydroxylation is 2. The Morgan fingerprint density at radius 3 is 2.13 bits per heavy atom. The van der Waals surface area contributed by atoms with Gasteiger partial charge in [-0.25, -0.2) is 0 Å². The molecule has 0 amide bonds. The second-order valence-electron chi connectivity index (χ2n) is 8.37. The molecule has 1 aromatic carbocycles. The number of hydrogen-bond donors (Lipinski definition) is 0. The van der Waals surface area contributed by atoms with Gasteiger partial charge in [0.2, 0.25) is 0 Å². The molecule has 0 fully saturated rings. The first-order valence-electron chi connectivity index (χ1n) is 11.9. The summed E-state index contributed by atoms with van der Waals surface area (Å²) in [5.41, 5.74) is 3.47. The zero-order valence-corrected chi connectivity index (χ0v) is 19.6. The maximum absolute atomic E-state index is 5.63. The van der Waals surface area contributed by atoms with Crippen molar-refractivity contribution in [2.45, 2.75) is 90.9 Å². The Morgan fingerprint density at radius 2 is 1.43 bits per heavy atom. The molecule has 30 heavy (non-hydrogen) atoms. The molecular formula is C27H37NOS. The minimum Gasteiger partial charge on any atom is -0.356 e. The number of hydrogen-bond acceptors (Lipinski definition) is 3. The predicted molar refractivity (Wildman–Crippen MR) is 130 cm³/mol. The van der Waals surface area contributed by atoms with E-state index in [1.807, 2.05) is 11.3 Å². The smallest absolute Gasteiger partial charge is 0.167 e. The van der Waals surface area contributed by atoms with E-state index in [4.69, 9.17) is 4.52 Å². The van der Waals surface area contributed by atoms with E-state index < -0.39 is 0 Å². The van der Waals surface area contributed by atoms with Crippen molar-refractivity contribution in [2.24, 2.45) is 0 Å². The average molecular weight is 424 g/mol.